The van der Waals surface area contributed by atoms with Gasteiger partial charge in [0.05, 0.1) is 26.9 Å². The summed E-state index contributed by atoms with van der Waals surface area (Å²) in [6.45, 7) is -5.89. The quantitative estimate of drug-likeness (QED) is 0.0382. The van der Waals surface area contributed by atoms with Crippen LogP contribution < -0.4 is 18.8 Å². The molecular formula is C47H34F51N2O3+. The SMILES string of the molecule is C[n+]1ccn(Cc2cc(OCCCCC(F)(F)C(F)(F)C(F)(F)C(F)(F)C(F)(F)C(F)(F)C(F)(F)C(F)(F)F)c(OCCCCC(F)(F)C(F)(F)C(F)(F)C(F)(F)C(F)(F)C(F)(F)C(F)(F)C(F)(F)F)c(OCCCCC(F)(F)C(F)(F)C(F)(F)C(F)(F)C(F)(F)C(F)(F)C(F)(F)C(F)(F)F)c2)c1. The number of benzene rings is 1. The summed E-state index contributed by atoms with van der Waals surface area (Å²) < 4.78 is 721. The third-order valence-corrected chi connectivity index (χ3v) is 14.0. The maximum atomic E-state index is 14.7. The molecule has 1 heterocycles. The Balaban J connectivity index is 2.75. The molecule has 0 spiro atoms. The predicted octanol–water partition coefficient (Wildman–Crippen LogP) is 21.0. The van der Waals surface area contributed by atoms with Gasteiger partial charge in [-0.3, -0.25) is 0 Å². The molecule has 0 fully saturated rings. The molecule has 0 saturated carbocycles. The summed E-state index contributed by atoms with van der Waals surface area (Å²) >= 11 is 0. The first-order valence-electron chi connectivity index (χ1n) is 26.1. The van der Waals surface area contributed by atoms with Crippen molar-refractivity contribution in [2.24, 2.45) is 7.05 Å². The molecule has 0 bridgehead atoms. The number of rotatable bonds is 38. The van der Waals surface area contributed by atoms with Gasteiger partial charge in [0.25, 0.3) is 0 Å². The fourth-order valence-electron chi connectivity index (χ4n) is 7.83. The van der Waals surface area contributed by atoms with Gasteiger partial charge < -0.3 is 14.2 Å². The van der Waals surface area contributed by atoms with Crippen molar-refractivity contribution in [1.29, 1.82) is 0 Å². The average Bonchev–Trinajstić information content (AvgIpc) is 0.804. The largest absolute Gasteiger partial charge is 0.490 e. The normalized spacial score (nSPS) is 15.9. The summed E-state index contributed by atoms with van der Waals surface area (Å²) in [4.78, 5) is 0. The van der Waals surface area contributed by atoms with Crippen molar-refractivity contribution in [2.75, 3.05) is 19.8 Å². The number of ether oxygens (including phenoxy) is 3. The van der Waals surface area contributed by atoms with E-state index in [0.29, 0.717) is 12.1 Å². The highest BCUT2D eigenvalue weighted by Gasteiger charge is 2.98. The van der Waals surface area contributed by atoms with E-state index in [2.05, 4.69) is 0 Å². The first kappa shape index (κ1) is 93.3. The van der Waals surface area contributed by atoms with Crippen molar-refractivity contribution in [3.05, 3.63) is 36.4 Å². The average molecular weight is 1640 g/mol. The minimum atomic E-state index is -9.11. The van der Waals surface area contributed by atoms with E-state index in [4.69, 9.17) is 14.2 Å². The van der Waals surface area contributed by atoms with Gasteiger partial charge in [0.2, 0.25) is 12.1 Å². The number of hydrogen-bond acceptors (Lipinski definition) is 3. The molecule has 0 amide bonds. The predicted molar refractivity (Wildman–Crippen MR) is 231 cm³/mol. The monoisotopic (exact) mass is 1640 g/mol. The third kappa shape index (κ3) is 14.9. The number of aromatic nitrogens is 2. The van der Waals surface area contributed by atoms with Gasteiger partial charge in [-0.2, -0.15) is 224 Å². The van der Waals surface area contributed by atoms with E-state index in [1.807, 2.05) is 0 Å². The smallest absolute Gasteiger partial charge is 0.460 e. The van der Waals surface area contributed by atoms with Crippen LogP contribution in [0.1, 0.15) is 63.4 Å². The molecular weight excluding hydrogens is 1610 g/mol. The Bertz CT molecular complexity index is 3040. The van der Waals surface area contributed by atoms with Gasteiger partial charge in [-0.15, -0.1) is 0 Å². The van der Waals surface area contributed by atoms with E-state index in [9.17, 15) is 224 Å². The maximum absolute atomic E-state index is 14.7. The third-order valence-electron chi connectivity index (χ3n) is 14.0. The molecule has 1 aromatic carbocycles. The first-order valence-corrected chi connectivity index (χ1v) is 26.1. The van der Waals surface area contributed by atoms with Gasteiger partial charge in [-0.05, 0) is 50.7 Å². The standard InChI is InChI=1S/C47H34F51N2O3/c1-99-11-12-100(19-99)18-20-16-21(101-13-5-2-8-24(48,49)27(54,55)30(60,61)33(66,67)36(72,73)39(78,79)42(84,85)45(90,91)92)23(103-15-7-4-10-26(52,53)29(58,59)32(64,65)35(70,71)38(76,77)41(82,83)44(88,89)47(96,97)98)22(17-20)102-14-6-3-9-25(50,51)28(56,57)31(62,63)34(68,69)37(74,75)40(80,81)43(86,87)46(93,94)95/h11-12,16-17,19H,2-10,13-15,18H2,1H3/q+1. The van der Waals surface area contributed by atoms with Crippen molar-refractivity contribution in [3.8, 4) is 17.2 Å². The van der Waals surface area contributed by atoms with Crippen LogP contribution in [0, 0.1) is 0 Å². The maximum Gasteiger partial charge on any atom is 0.460 e. The molecule has 1 aromatic heterocycles. The summed E-state index contributed by atoms with van der Waals surface area (Å²) in [7, 11) is 1.21. The number of imidazole rings is 1. The number of hydrogen-bond donors (Lipinski definition) is 0. The van der Waals surface area contributed by atoms with Crippen LogP contribution in [0.2, 0.25) is 0 Å². The van der Waals surface area contributed by atoms with Gasteiger partial charge in [0.1, 0.15) is 18.9 Å². The van der Waals surface area contributed by atoms with Gasteiger partial charge in [0.15, 0.2) is 11.5 Å². The van der Waals surface area contributed by atoms with Crippen molar-refractivity contribution >= 4 is 0 Å². The molecule has 0 aliphatic rings. The highest BCUT2D eigenvalue weighted by molar-refractivity contribution is 5.54. The fourth-order valence-corrected chi connectivity index (χ4v) is 7.83. The van der Waals surface area contributed by atoms with E-state index < -0.39 is 250 Å². The lowest BCUT2D eigenvalue weighted by atomic mass is 9.88. The Morgan fingerprint density at radius 3 is 0.680 bits per heavy atom. The van der Waals surface area contributed by atoms with Crippen LogP contribution in [0.4, 0.5) is 224 Å². The molecule has 0 saturated heterocycles. The van der Waals surface area contributed by atoms with Gasteiger partial charge in [-0.25, -0.2) is 9.13 Å². The molecule has 0 N–H and O–H groups in total. The number of aryl methyl sites for hydroxylation is 1. The topological polar surface area (TPSA) is 36.5 Å². The van der Waals surface area contributed by atoms with Crippen molar-refractivity contribution in [3.63, 3.8) is 0 Å². The van der Waals surface area contributed by atoms with Crippen LogP contribution >= 0.6 is 0 Å². The minimum Gasteiger partial charge on any atom is -0.490 e. The van der Waals surface area contributed by atoms with E-state index >= 15 is 0 Å². The van der Waals surface area contributed by atoms with Crippen LogP contribution in [0.5, 0.6) is 17.2 Å². The highest BCUT2D eigenvalue weighted by Crippen LogP contribution is 2.69. The van der Waals surface area contributed by atoms with Crippen LogP contribution in [0.25, 0.3) is 0 Å². The zero-order chi connectivity index (χ0) is 82.3. The number of alkyl halides is 51. The van der Waals surface area contributed by atoms with E-state index in [1.165, 1.54) is 7.05 Å². The summed E-state index contributed by atoms with van der Waals surface area (Å²) in [5, 5.41) is 0. The Morgan fingerprint density at radius 2 is 0.476 bits per heavy atom. The molecule has 0 aliphatic heterocycles. The highest BCUT2D eigenvalue weighted by atomic mass is 19.5. The van der Waals surface area contributed by atoms with Crippen molar-refractivity contribution < 1.29 is 243 Å². The number of nitrogens with zero attached hydrogens (tertiary/aromatic N) is 2. The van der Waals surface area contributed by atoms with Gasteiger partial charge >= 0.3 is 143 Å². The van der Waals surface area contributed by atoms with Gasteiger partial charge in [-0.1, -0.05) is 0 Å². The summed E-state index contributed by atoms with van der Waals surface area (Å²) in [6.07, 6.45) is -42.1. The zero-order valence-electron chi connectivity index (χ0n) is 48.5. The molecule has 56 heteroatoms. The van der Waals surface area contributed by atoms with E-state index in [0.717, 1.165) is 27.9 Å². The van der Waals surface area contributed by atoms with Crippen molar-refractivity contribution in [1.82, 2.24) is 4.57 Å². The lowest BCUT2D eigenvalue weighted by Crippen LogP contribution is -2.74. The second-order valence-corrected chi connectivity index (χ2v) is 21.5. The molecule has 103 heavy (non-hydrogen) atoms. The molecule has 2 rings (SSSR count). The molecule has 0 unspecified atom stereocenters. The minimum absolute atomic E-state index is 0.439. The Hall–Kier alpha value is -5.74. The number of unbranched alkanes of at least 4 members (excludes halogenated alkanes) is 3. The Labute approximate surface area is 535 Å². The lowest BCUT2D eigenvalue weighted by Gasteiger charge is -2.42. The lowest BCUT2D eigenvalue weighted by molar-refractivity contribution is -0.671. The molecule has 0 radical (unpaired) electrons. The molecule has 0 atom stereocenters. The van der Waals surface area contributed by atoms with Crippen LogP contribution in [-0.2, 0) is 13.6 Å². The van der Waals surface area contributed by atoms with E-state index in [-0.39, 0.29) is 0 Å². The molecule has 2 aromatic rings. The summed E-state index contributed by atoms with van der Waals surface area (Å²) in [6, 6.07) is 0.879. The van der Waals surface area contributed by atoms with Gasteiger partial charge in [0, 0.05) is 24.8 Å². The Kier molecular flexibility index (Phi) is 25.2. The summed E-state index contributed by atoms with van der Waals surface area (Å²) in [5.41, 5.74) is -0.562. The first-order chi connectivity index (χ1) is 44.9. The van der Waals surface area contributed by atoms with Crippen LogP contribution in [0.3, 0.4) is 0 Å². The molecule has 0 aliphatic carbocycles. The van der Waals surface area contributed by atoms with Crippen LogP contribution in [0.15, 0.2) is 30.9 Å². The van der Waals surface area contributed by atoms with Crippen LogP contribution in [-0.4, -0.2) is 167 Å². The zero-order valence-corrected chi connectivity index (χ0v) is 48.5. The van der Waals surface area contributed by atoms with Crippen molar-refractivity contribution in [2.45, 2.75) is 207 Å². The molecule has 5 nitrogen and oxygen atoms in total. The second-order valence-electron chi connectivity index (χ2n) is 21.5. The number of halogens is 51. The second kappa shape index (κ2) is 27.8. The Morgan fingerprint density at radius 1 is 0.272 bits per heavy atom. The molecule has 606 valence electrons. The fraction of sp³-hybridized carbons (Fsp3) is 0.809. The summed E-state index contributed by atoms with van der Waals surface area (Å²) in [5.74, 6) is -184. The van der Waals surface area contributed by atoms with E-state index in [1.54, 1.807) is 0 Å².